The Bertz CT molecular complexity index is 877. The van der Waals surface area contributed by atoms with Gasteiger partial charge in [0.1, 0.15) is 0 Å². The molecule has 0 bridgehead atoms. The van der Waals surface area contributed by atoms with Gasteiger partial charge in [0, 0.05) is 25.0 Å². The molecule has 3 rings (SSSR count). The van der Waals surface area contributed by atoms with Gasteiger partial charge in [0.15, 0.2) is 5.69 Å². The van der Waals surface area contributed by atoms with Gasteiger partial charge in [0.2, 0.25) is 10.0 Å². The minimum Gasteiger partial charge on any atom is -0.321 e. The Balaban J connectivity index is 0.00000280. The molecular weight excluding hydrogens is 402 g/mol. The van der Waals surface area contributed by atoms with Gasteiger partial charge in [0.25, 0.3) is 5.91 Å². The second-order valence-corrected chi connectivity index (χ2v) is 8.32. The smallest absolute Gasteiger partial charge is 0.276 e. The van der Waals surface area contributed by atoms with Crippen LogP contribution in [0.25, 0.3) is 0 Å². The summed E-state index contributed by atoms with van der Waals surface area (Å²) in [7, 11) is -3.51. The predicted molar refractivity (Wildman–Crippen MR) is 110 cm³/mol. The first-order chi connectivity index (χ1) is 13.0. The van der Waals surface area contributed by atoms with E-state index < -0.39 is 10.0 Å². The van der Waals surface area contributed by atoms with E-state index in [1.54, 1.807) is 18.2 Å². The van der Waals surface area contributed by atoms with Gasteiger partial charge in [-0.25, -0.2) is 13.1 Å². The third-order valence-corrected chi connectivity index (χ3v) is 5.93. The number of anilines is 1. The largest absolute Gasteiger partial charge is 0.321 e. The van der Waals surface area contributed by atoms with Crippen LogP contribution < -0.4 is 15.4 Å². The molecule has 28 heavy (non-hydrogen) atoms. The fourth-order valence-electron chi connectivity index (χ4n) is 2.95. The Kier molecular flexibility index (Phi) is 7.99. The number of amides is 1. The zero-order valence-electron chi connectivity index (χ0n) is 15.7. The quantitative estimate of drug-likeness (QED) is 0.628. The highest BCUT2D eigenvalue weighted by Gasteiger charge is 2.18. The molecule has 3 N–H and O–H groups in total. The first-order valence-electron chi connectivity index (χ1n) is 9.16. The lowest BCUT2D eigenvalue weighted by Gasteiger charge is -2.22. The van der Waals surface area contributed by atoms with Gasteiger partial charge < -0.3 is 10.6 Å². The zero-order chi connectivity index (χ0) is 19.3. The molecule has 10 heteroatoms. The van der Waals surface area contributed by atoms with Crippen LogP contribution in [0.4, 0.5) is 5.69 Å². The molecule has 1 amide bonds. The summed E-state index contributed by atoms with van der Waals surface area (Å²) in [6.45, 7) is 4.16. The molecule has 1 aromatic heterocycles. The molecular formula is C18H26ClN5O3S. The summed E-state index contributed by atoms with van der Waals surface area (Å²) in [5.74, 6) is -0.322. The van der Waals surface area contributed by atoms with Crippen LogP contribution in [0.1, 0.15) is 42.7 Å². The summed E-state index contributed by atoms with van der Waals surface area (Å²) >= 11 is 0. The van der Waals surface area contributed by atoms with E-state index in [0.29, 0.717) is 17.9 Å². The third kappa shape index (κ3) is 5.54. The van der Waals surface area contributed by atoms with Crippen LogP contribution in [0, 0.1) is 0 Å². The number of piperidine rings is 1. The lowest BCUT2D eigenvalue weighted by molar-refractivity contribution is 0.102. The van der Waals surface area contributed by atoms with Crippen molar-refractivity contribution < 1.29 is 13.2 Å². The molecule has 2 aromatic rings. The number of benzene rings is 1. The number of hydrogen-bond donors (Lipinski definition) is 3. The van der Waals surface area contributed by atoms with E-state index in [-0.39, 0.29) is 29.3 Å². The summed E-state index contributed by atoms with van der Waals surface area (Å²) < 4.78 is 28.5. The van der Waals surface area contributed by atoms with Crippen LogP contribution in [0.15, 0.2) is 41.4 Å². The number of aromatic nitrogens is 2. The Labute approximate surface area is 171 Å². The highest BCUT2D eigenvalue weighted by Crippen LogP contribution is 2.17. The highest BCUT2D eigenvalue weighted by molar-refractivity contribution is 7.89. The van der Waals surface area contributed by atoms with Crippen LogP contribution in [0.2, 0.25) is 0 Å². The molecule has 1 fully saturated rings. The second-order valence-electron chi connectivity index (χ2n) is 6.56. The van der Waals surface area contributed by atoms with Crippen molar-refractivity contribution in [1.82, 2.24) is 19.8 Å². The van der Waals surface area contributed by atoms with Crippen LogP contribution in [-0.4, -0.2) is 43.7 Å². The zero-order valence-corrected chi connectivity index (χ0v) is 17.4. The number of sulfonamides is 1. The number of hydrogen-bond acceptors (Lipinski definition) is 5. The van der Waals surface area contributed by atoms with Gasteiger partial charge in [-0.15, -0.1) is 12.4 Å². The monoisotopic (exact) mass is 427 g/mol. The lowest BCUT2D eigenvalue weighted by atomic mass is 10.1. The molecule has 0 radical (unpaired) electrons. The van der Waals surface area contributed by atoms with Crippen molar-refractivity contribution >= 4 is 34.0 Å². The summed E-state index contributed by atoms with van der Waals surface area (Å²) in [6.07, 6.45) is 4.67. The summed E-state index contributed by atoms with van der Waals surface area (Å²) in [5, 5.41) is 10.5. The first-order valence-corrected chi connectivity index (χ1v) is 10.6. The fraction of sp³-hybridized carbons (Fsp3) is 0.444. The van der Waals surface area contributed by atoms with Gasteiger partial charge >= 0.3 is 0 Å². The number of carbonyl (C=O) groups excluding carboxylic acids is 1. The highest BCUT2D eigenvalue weighted by atomic mass is 35.5. The van der Waals surface area contributed by atoms with Crippen molar-refractivity contribution in [2.75, 3.05) is 25.0 Å². The molecule has 1 atom stereocenters. The molecule has 154 valence electrons. The summed E-state index contributed by atoms with van der Waals surface area (Å²) in [4.78, 5) is 12.6. The van der Waals surface area contributed by atoms with E-state index in [1.807, 2.05) is 17.8 Å². The molecule has 1 aliphatic rings. The maximum atomic E-state index is 12.4. The SMILES string of the molecule is CCCNS(=O)(=O)c1ccc(NC(=O)c2ccn(C3CCCNC3)n2)cc1.Cl. The van der Waals surface area contributed by atoms with E-state index in [1.165, 1.54) is 12.1 Å². The molecule has 1 aromatic carbocycles. The van der Waals surface area contributed by atoms with Gasteiger partial charge in [-0.3, -0.25) is 9.48 Å². The standard InChI is InChI=1S/C18H25N5O3S.ClH/c1-2-10-20-27(25,26)16-7-5-14(6-8-16)21-18(24)17-9-12-23(22-17)15-4-3-11-19-13-15;/h5-9,12,15,19-20H,2-4,10-11,13H2,1H3,(H,21,24);1H. The maximum Gasteiger partial charge on any atom is 0.276 e. The average molecular weight is 428 g/mol. The molecule has 8 nitrogen and oxygen atoms in total. The van der Waals surface area contributed by atoms with E-state index in [4.69, 9.17) is 0 Å². The lowest BCUT2D eigenvalue weighted by Crippen LogP contribution is -2.32. The predicted octanol–water partition coefficient (Wildman–Crippen LogP) is 2.17. The number of rotatable bonds is 7. The summed E-state index contributed by atoms with van der Waals surface area (Å²) in [6, 6.07) is 8.04. The molecule has 2 heterocycles. The minimum absolute atomic E-state index is 0. The van der Waals surface area contributed by atoms with Crippen molar-refractivity contribution in [1.29, 1.82) is 0 Å². The van der Waals surface area contributed by atoms with Crippen LogP contribution in [-0.2, 0) is 10.0 Å². The minimum atomic E-state index is -3.51. The molecule has 0 aliphatic carbocycles. The van der Waals surface area contributed by atoms with Crippen LogP contribution >= 0.6 is 12.4 Å². The van der Waals surface area contributed by atoms with Gasteiger partial charge in [-0.2, -0.15) is 5.10 Å². The molecule has 0 saturated carbocycles. The number of nitrogens with zero attached hydrogens (tertiary/aromatic N) is 2. The molecule has 1 unspecified atom stereocenters. The Morgan fingerprint density at radius 2 is 2.04 bits per heavy atom. The first kappa shape index (κ1) is 22.4. The average Bonchev–Trinajstić information content (AvgIpc) is 3.18. The Morgan fingerprint density at radius 1 is 1.29 bits per heavy atom. The normalized spacial score (nSPS) is 17.0. The van der Waals surface area contributed by atoms with Crippen molar-refractivity contribution in [3.05, 3.63) is 42.2 Å². The Hall–Kier alpha value is -1.94. The van der Waals surface area contributed by atoms with Crippen LogP contribution in [0.5, 0.6) is 0 Å². The topological polar surface area (TPSA) is 105 Å². The van der Waals surface area contributed by atoms with Crippen molar-refractivity contribution in [3.8, 4) is 0 Å². The van der Waals surface area contributed by atoms with E-state index in [0.717, 1.165) is 32.4 Å². The molecule has 1 saturated heterocycles. The third-order valence-electron chi connectivity index (χ3n) is 4.45. The van der Waals surface area contributed by atoms with Gasteiger partial charge in [-0.1, -0.05) is 6.92 Å². The van der Waals surface area contributed by atoms with Crippen molar-refractivity contribution in [3.63, 3.8) is 0 Å². The van der Waals surface area contributed by atoms with E-state index in [9.17, 15) is 13.2 Å². The number of nitrogens with one attached hydrogen (secondary N) is 3. The van der Waals surface area contributed by atoms with E-state index in [2.05, 4.69) is 20.5 Å². The maximum absolute atomic E-state index is 12.4. The van der Waals surface area contributed by atoms with Gasteiger partial charge in [-0.05, 0) is 56.1 Å². The number of carbonyl (C=O) groups is 1. The van der Waals surface area contributed by atoms with Crippen LogP contribution in [0.3, 0.4) is 0 Å². The Morgan fingerprint density at radius 3 is 2.68 bits per heavy atom. The fourth-order valence-corrected chi connectivity index (χ4v) is 4.09. The van der Waals surface area contributed by atoms with E-state index >= 15 is 0 Å². The van der Waals surface area contributed by atoms with Crippen molar-refractivity contribution in [2.45, 2.75) is 37.1 Å². The summed E-state index contributed by atoms with van der Waals surface area (Å²) in [5.41, 5.74) is 0.852. The van der Waals surface area contributed by atoms with Crippen molar-refractivity contribution in [2.24, 2.45) is 0 Å². The number of halogens is 1. The molecule has 0 spiro atoms. The second kappa shape index (κ2) is 10.0. The van der Waals surface area contributed by atoms with Gasteiger partial charge in [0.05, 0.1) is 10.9 Å². The molecule has 1 aliphatic heterocycles.